The van der Waals surface area contributed by atoms with Gasteiger partial charge < -0.3 is 34.1 Å². The second-order valence-electron chi connectivity index (χ2n) is 6.64. The third-order valence-corrected chi connectivity index (χ3v) is 5.36. The molecule has 6 rings (SSSR count). The molecule has 4 aliphatic heterocycles. The van der Waals surface area contributed by atoms with Crippen LogP contribution in [0.3, 0.4) is 0 Å². The number of aliphatic hydroxyl groups is 1. The van der Waals surface area contributed by atoms with Crippen molar-refractivity contribution < 1.29 is 29.2 Å². The molecule has 0 amide bonds. The van der Waals surface area contributed by atoms with Gasteiger partial charge in [-0.25, -0.2) is 0 Å². The van der Waals surface area contributed by atoms with Crippen molar-refractivity contribution in [2.45, 2.75) is 12.6 Å². The third kappa shape index (κ3) is 1.65. The lowest BCUT2D eigenvalue weighted by molar-refractivity contribution is 0.0391. The molecule has 1 atom stereocenters. The van der Waals surface area contributed by atoms with Gasteiger partial charge in [-0.2, -0.15) is 0 Å². The van der Waals surface area contributed by atoms with Crippen LogP contribution < -0.4 is 18.9 Å². The number of hydrogen-bond acceptors (Lipinski definition) is 7. The second kappa shape index (κ2) is 4.76. The second-order valence-corrected chi connectivity index (χ2v) is 6.64. The fourth-order valence-electron chi connectivity index (χ4n) is 4.18. The zero-order chi connectivity index (χ0) is 17.4. The molecular formula is C19H15NO6. The molecule has 4 aliphatic rings. The fraction of sp³-hybridized carbons (Fsp3) is 0.263. The number of fused-ring (bicyclic) bond motifs is 7. The molecule has 2 aromatic carbocycles. The van der Waals surface area contributed by atoms with E-state index in [2.05, 4.69) is 0 Å². The van der Waals surface area contributed by atoms with Gasteiger partial charge in [0.05, 0.1) is 11.3 Å². The molecule has 0 fully saturated rings. The number of phenols is 1. The van der Waals surface area contributed by atoms with Gasteiger partial charge in [0.25, 0.3) is 0 Å². The Morgan fingerprint density at radius 3 is 2.69 bits per heavy atom. The lowest BCUT2D eigenvalue weighted by atomic mass is 9.88. The van der Waals surface area contributed by atoms with Gasteiger partial charge in [0.15, 0.2) is 29.2 Å². The molecule has 0 saturated carbocycles. The SMILES string of the molecule is Oc1c2c(cc3c1C1=Cc4ccc5c(c4[C@@H](O)N1CC3)OCO5)OCO2. The Morgan fingerprint density at radius 2 is 1.81 bits per heavy atom. The van der Waals surface area contributed by atoms with Crippen molar-refractivity contribution in [3.05, 3.63) is 40.5 Å². The maximum absolute atomic E-state index is 11.0. The Hall–Kier alpha value is -3.06. The molecule has 132 valence electrons. The van der Waals surface area contributed by atoms with Gasteiger partial charge in [0.1, 0.15) is 0 Å². The van der Waals surface area contributed by atoms with E-state index in [4.69, 9.17) is 18.9 Å². The van der Waals surface area contributed by atoms with Crippen LogP contribution in [0.1, 0.15) is 28.5 Å². The highest BCUT2D eigenvalue weighted by Crippen LogP contribution is 2.53. The highest BCUT2D eigenvalue weighted by atomic mass is 16.7. The number of rotatable bonds is 0. The average molecular weight is 353 g/mol. The molecule has 7 nitrogen and oxygen atoms in total. The van der Waals surface area contributed by atoms with E-state index in [0.717, 1.165) is 16.8 Å². The molecular weight excluding hydrogens is 338 g/mol. The summed E-state index contributed by atoms with van der Waals surface area (Å²) >= 11 is 0. The molecule has 7 heteroatoms. The van der Waals surface area contributed by atoms with E-state index in [0.29, 0.717) is 47.1 Å². The number of benzene rings is 2. The van der Waals surface area contributed by atoms with E-state index < -0.39 is 6.23 Å². The predicted molar refractivity (Wildman–Crippen MR) is 90.0 cm³/mol. The first-order chi connectivity index (χ1) is 12.7. The molecule has 26 heavy (non-hydrogen) atoms. The lowest BCUT2D eigenvalue weighted by Crippen LogP contribution is -2.35. The van der Waals surface area contributed by atoms with Crippen LogP contribution in [0.5, 0.6) is 28.7 Å². The van der Waals surface area contributed by atoms with Crippen LogP contribution in [0, 0.1) is 0 Å². The molecule has 0 saturated heterocycles. The Labute approximate surface area is 148 Å². The molecule has 0 radical (unpaired) electrons. The van der Waals surface area contributed by atoms with E-state index in [1.165, 1.54) is 0 Å². The van der Waals surface area contributed by atoms with Crippen LogP contribution in [0.15, 0.2) is 18.2 Å². The topological polar surface area (TPSA) is 80.6 Å². The molecule has 4 heterocycles. The summed E-state index contributed by atoms with van der Waals surface area (Å²) in [7, 11) is 0. The van der Waals surface area contributed by atoms with E-state index in [1.54, 1.807) is 0 Å². The van der Waals surface area contributed by atoms with Crippen LogP contribution in [-0.2, 0) is 6.42 Å². The standard InChI is InChI=1S/C19H15NO6/c21-16-14-10(6-13-18(16)26-8-24-13)3-4-20-11(14)5-9-1-2-12-17(25-7-23-12)15(9)19(20)22/h1-2,5-6,19,21-22H,3-4,7-8H2/t19-/m1/s1. The molecule has 0 unspecified atom stereocenters. The molecule has 0 bridgehead atoms. The van der Waals surface area contributed by atoms with Crippen LogP contribution in [0.4, 0.5) is 0 Å². The highest BCUT2D eigenvalue weighted by molar-refractivity contribution is 5.90. The van der Waals surface area contributed by atoms with Gasteiger partial charge >= 0.3 is 0 Å². The molecule has 0 aromatic heterocycles. The van der Waals surface area contributed by atoms with Gasteiger partial charge in [0, 0.05) is 12.1 Å². The van der Waals surface area contributed by atoms with Crippen molar-refractivity contribution >= 4 is 11.8 Å². The van der Waals surface area contributed by atoms with Crippen molar-refractivity contribution in [3.63, 3.8) is 0 Å². The summed E-state index contributed by atoms with van der Waals surface area (Å²) in [6.45, 7) is 0.870. The van der Waals surface area contributed by atoms with E-state index in [1.807, 2.05) is 29.2 Å². The van der Waals surface area contributed by atoms with Crippen molar-refractivity contribution in [2.75, 3.05) is 20.1 Å². The van der Waals surface area contributed by atoms with Crippen LogP contribution in [0.25, 0.3) is 11.8 Å². The third-order valence-electron chi connectivity index (χ3n) is 5.36. The van der Waals surface area contributed by atoms with E-state index in [-0.39, 0.29) is 19.3 Å². The first-order valence-corrected chi connectivity index (χ1v) is 8.46. The first kappa shape index (κ1) is 14.1. The summed E-state index contributed by atoms with van der Waals surface area (Å²) < 4.78 is 21.8. The van der Waals surface area contributed by atoms with Crippen molar-refractivity contribution in [1.82, 2.24) is 4.90 Å². The Balaban J connectivity index is 1.59. The number of aromatic hydroxyl groups is 1. The van der Waals surface area contributed by atoms with Crippen LogP contribution >= 0.6 is 0 Å². The largest absolute Gasteiger partial charge is 0.504 e. The van der Waals surface area contributed by atoms with Gasteiger partial charge in [-0.15, -0.1) is 0 Å². The molecule has 2 N–H and O–H groups in total. The first-order valence-electron chi connectivity index (χ1n) is 8.46. The van der Waals surface area contributed by atoms with Crippen molar-refractivity contribution in [2.24, 2.45) is 0 Å². The minimum absolute atomic E-state index is 0.0577. The van der Waals surface area contributed by atoms with Gasteiger partial charge in [-0.05, 0) is 35.8 Å². The maximum Gasteiger partial charge on any atom is 0.231 e. The highest BCUT2D eigenvalue weighted by Gasteiger charge is 2.38. The number of phenolic OH excluding ortho intramolecular Hbond substituents is 1. The van der Waals surface area contributed by atoms with Crippen molar-refractivity contribution in [3.8, 4) is 28.7 Å². The van der Waals surface area contributed by atoms with E-state index in [9.17, 15) is 10.2 Å². The minimum atomic E-state index is -0.875. The Morgan fingerprint density at radius 1 is 1.00 bits per heavy atom. The lowest BCUT2D eigenvalue weighted by Gasteiger charge is -2.40. The zero-order valence-corrected chi connectivity index (χ0v) is 13.7. The monoisotopic (exact) mass is 353 g/mol. The van der Waals surface area contributed by atoms with Gasteiger partial charge in [-0.3, -0.25) is 0 Å². The summed E-state index contributed by atoms with van der Waals surface area (Å²) in [6.07, 6.45) is 1.76. The molecule has 2 aromatic rings. The summed E-state index contributed by atoms with van der Waals surface area (Å²) in [5.41, 5.74) is 3.97. The Kier molecular flexibility index (Phi) is 2.59. The quantitative estimate of drug-likeness (QED) is 0.752. The van der Waals surface area contributed by atoms with Gasteiger partial charge in [0.2, 0.25) is 19.3 Å². The smallest absolute Gasteiger partial charge is 0.231 e. The summed E-state index contributed by atoms with van der Waals surface area (Å²) in [4.78, 5) is 1.87. The molecule has 0 aliphatic carbocycles. The summed E-state index contributed by atoms with van der Waals surface area (Å²) in [5, 5.41) is 21.8. The summed E-state index contributed by atoms with van der Waals surface area (Å²) in [6, 6.07) is 5.65. The number of hydrogen-bond donors (Lipinski definition) is 2. The van der Waals surface area contributed by atoms with Crippen LogP contribution in [-0.4, -0.2) is 35.2 Å². The number of ether oxygens (including phenoxy) is 4. The summed E-state index contributed by atoms with van der Waals surface area (Å²) in [5.74, 6) is 2.21. The Bertz CT molecular complexity index is 998. The maximum atomic E-state index is 11.0. The normalized spacial score (nSPS) is 21.0. The predicted octanol–water partition coefficient (Wildman–Crippen LogP) is 2.21. The number of nitrogens with zero attached hydrogens (tertiary/aromatic N) is 1. The minimum Gasteiger partial charge on any atom is -0.504 e. The van der Waals surface area contributed by atoms with Gasteiger partial charge in [-0.1, -0.05) is 6.07 Å². The van der Waals surface area contributed by atoms with E-state index >= 15 is 0 Å². The average Bonchev–Trinajstić information content (AvgIpc) is 3.30. The van der Waals surface area contributed by atoms with Crippen molar-refractivity contribution in [1.29, 1.82) is 0 Å². The number of aliphatic hydroxyl groups excluding tert-OH is 1. The fourth-order valence-corrected chi connectivity index (χ4v) is 4.18. The molecule has 0 spiro atoms. The zero-order valence-electron chi connectivity index (χ0n) is 13.7. The van der Waals surface area contributed by atoms with Crippen LogP contribution in [0.2, 0.25) is 0 Å².